The van der Waals surface area contributed by atoms with Crippen LogP contribution in [-0.4, -0.2) is 24.1 Å². The first-order valence-corrected chi connectivity index (χ1v) is 8.86. The predicted molar refractivity (Wildman–Crippen MR) is 107 cm³/mol. The molecule has 1 heterocycles. The average molecular weight is 392 g/mol. The highest BCUT2D eigenvalue weighted by molar-refractivity contribution is 6.06. The van der Waals surface area contributed by atoms with Gasteiger partial charge in [-0.3, -0.25) is 4.79 Å². The van der Waals surface area contributed by atoms with Crippen LogP contribution in [0.3, 0.4) is 0 Å². The molecule has 2 aromatic carbocycles. The molecule has 0 spiro atoms. The molecule has 7 heteroatoms. The zero-order valence-electron chi connectivity index (χ0n) is 16.0. The minimum atomic E-state index is -0.569. The number of hydrogen-bond donors (Lipinski definition) is 1. The monoisotopic (exact) mass is 392 g/mol. The van der Waals surface area contributed by atoms with E-state index < -0.39 is 5.97 Å². The first-order valence-electron chi connectivity index (χ1n) is 8.86. The van der Waals surface area contributed by atoms with Crippen molar-refractivity contribution in [2.75, 3.05) is 12.4 Å². The number of rotatable bonds is 7. The van der Waals surface area contributed by atoms with E-state index in [2.05, 4.69) is 10.5 Å². The average Bonchev–Trinajstić information content (AvgIpc) is 3.16. The summed E-state index contributed by atoms with van der Waals surface area (Å²) < 4.78 is 15.3. The Bertz CT molecular complexity index is 1020. The maximum absolute atomic E-state index is 12.4. The van der Waals surface area contributed by atoms with Crippen LogP contribution in [0.5, 0.6) is 5.75 Å². The van der Waals surface area contributed by atoms with Gasteiger partial charge in [0.15, 0.2) is 0 Å². The fraction of sp³-hybridized carbons (Fsp3) is 0.136. The van der Waals surface area contributed by atoms with Crippen LogP contribution >= 0.6 is 0 Å². The Labute approximate surface area is 167 Å². The molecule has 0 fully saturated rings. The molecule has 3 aromatic rings. The molecule has 1 amide bonds. The van der Waals surface area contributed by atoms with Crippen molar-refractivity contribution in [3.8, 4) is 5.75 Å². The van der Waals surface area contributed by atoms with E-state index in [0.29, 0.717) is 17.1 Å². The Hall–Kier alpha value is -3.87. The molecule has 0 bridgehead atoms. The predicted octanol–water partition coefficient (Wildman–Crippen LogP) is 4.00. The number of ether oxygens (including phenoxy) is 2. The molecule has 1 aromatic heterocycles. The number of aromatic nitrogens is 1. The Kier molecular flexibility index (Phi) is 6.42. The summed E-state index contributed by atoms with van der Waals surface area (Å²) in [6.45, 7) is 1.73. The van der Waals surface area contributed by atoms with Gasteiger partial charge in [-0.05, 0) is 42.8 Å². The van der Waals surface area contributed by atoms with E-state index in [1.165, 1.54) is 6.08 Å². The second kappa shape index (κ2) is 9.36. The third kappa shape index (κ3) is 5.55. The van der Waals surface area contributed by atoms with E-state index in [1.54, 1.807) is 62.6 Å². The number of methoxy groups -OCH3 is 1. The highest BCUT2D eigenvalue weighted by Crippen LogP contribution is 2.18. The summed E-state index contributed by atoms with van der Waals surface area (Å²) in [5.41, 5.74) is 1.97. The number of nitrogens with one attached hydrogen (secondary N) is 1. The molecule has 0 saturated heterocycles. The quantitative estimate of drug-likeness (QED) is 0.483. The van der Waals surface area contributed by atoms with Gasteiger partial charge in [0.05, 0.1) is 18.4 Å². The molecule has 7 nitrogen and oxygen atoms in total. The van der Waals surface area contributed by atoms with Crippen molar-refractivity contribution in [1.29, 1.82) is 0 Å². The van der Waals surface area contributed by atoms with Crippen LogP contribution in [0.15, 0.2) is 65.2 Å². The molecule has 0 unspecified atom stereocenters. The van der Waals surface area contributed by atoms with Crippen LogP contribution in [0.2, 0.25) is 0 Å². The van der Waals surface area contributed by atoms with Gasteiger partial charge >= 0.3 is 5.97 Å². The van der Waals surface area contributed by atoms with Crippen molar-refractivity contribution < 1.29 is 23.6 Å². The molecule has 148 valence electrons. The van der Waals surface area contributed by atoms with Crippen LogP contribution in [-0.2, 0) is 16.1 Å². The van der Waals surface area contributed by atoms with E-state index in [9.17, 15) is 9.59 Å². The molecule has 0 radical (unpaired) electrons. The molecular weight excluding hydrogens is 372 g/mol. The largest absolute Gasteiger partial charge is 0.497 e. The molecule has 0 aliphatic heterocycles. The van der Waals surface area contributed by atoms with Gasteiger partial charge in [0.2, 0.25) is 5.91 Å². The lowest BCUT2D eigenvalue weighted by Gasteiger charge is -2.09. The van der Waals surface area contributed by atoms with Crippen molar-refractivity contribution >= 4 is 23.6 Å². The smallest absolute Gasteiger partial charge is 0.340 e. The number of aryl methyl sites for hydroxylation is 1. The van der Waals surface area contributed by atoms with E-state index in [4.69, 9.17) is 14.0 Å². The lowest BCUT2D eigenvalue weighted by atomic mass is 10.1. The molecular formula is C22H20N2O5. The third-order valence-electron chi connectivity index (χ3n) is 3.98. The third-order valence-corrected chi connectivity index (χ3v) is 3.98. The van der Waals surface area contributed by atoms with E-state index >= 15 is 0 Å². The standard InChI is InChI=1S/C22H20N2O5/c1-15-13-17(24-29-15)14-28-22(26)19-5-3-4-6-20(19)23-21(25)12-9-16-7-10-18(27-2)11-8-16/h3-13H,14H2,1-2H3,(H,23,25)/b12-9+. The number of benzene rings is 2. The van der Waals surface area contributed by atoms with Crippen LogP contribution in [0.25, 0.3) is 6.08 Å². The Morgan fingerprint density at radius 3 is 2.59 bits per heavy atom. The van der Waals surface area contributed by atoms with Gasteiger partial charge in [-0.2, -0.15) is 0 Å². The summed E-state index contributed by atoms with van der Waals surface area (Å²) in [4.78, 5) is 24.7. The second-order valence-electron chi connectivity index (χ2n) is 6.15. The molecule has 0 aliphatic rings. The number of carbonyl (C=O) groups excluding carboxylic acids is 2. The van der Waals surface area contributed by atoms with Crippen molar-refractivity contribution in [1.82, 2.24) is 5.16 Å². The van der Waals surface area contributed by atoms with Gasteiger partial charge < -0.3 is 19.3 Å². The zero-order chi connectivity index (χ0) is 20.6. The molecule has 0 atom stereocenters. The van der Waals surface area contributed by atoms with E-state index in [0.717, 1.165) is 11.3 Å². The highest BCUT2D eigenvalue weighted by atomic mass is 16.5. The van der Waals surface area contributed by atoms with Gasteiger partial charge in [0.1, 0.15) is 23.8 Å². The summed E-state index contributed by atoms with van der Waals surface area (Å²) >= 11 is 0. The number of nitrogens with zero attached hydrogens (tertiary/aromatic N) is 1. The maximum atomic E-state index is 12.4. The van der Waals surface area contributed by atoms with Crippen LogP contribution in [0.4, 0.5) is 5.69 Å². The van der Waals surface area contributed by atoms with Crippen molar-refractivity contribution in [2.45, 2.75) is 13.5 Å². The van der Waals surface area contributed by atoms with Gasteiger partial charge in [-0.1, -0.05) is 29.4 Å². The van der Waals surface area contributed by atoms with Gasteiger partial charge in [-0.15, -0.1) is 0 Å². The minimum absolute atomic E-state index is 0.0180. The van der Waals surface area contributed by atoms with Gasteiger partial charge in [0.25, 0.3) is 0 Å². The normalized spacial score (nSPS) is 10.7. The lowest BCUT2D eigenvalue weighted by molar-refractivity contribution is -0.111. The lowest BCUT2D eigenvalue weighted by Crippen LogP contribution is -2.13. The Morgan fingerprint density at radius 2 is 1.90 bits per heavy atom. The summed E-state index contributed by atoms with van der Waals surface area (Å²) in [6.07, 6.45) is 3.06. The molecule has 3 rings (SSSR count). The Morgan fingerprint density at radius 1 is 1.14 bits per heavy atom. The fourth-order valence-electron chi connectivity index (χ4n) is 2.53. The number of esters is 1. The molecule has 29 heavy (non-hydrogen) atoms. The Balaban J connectivity index is 1.63. The topological polar surface area (TPSA) is 90.7 Å². The first kappa shape index (κ1) is 19.9. The van der Waals surface area contributed by atoms with Gasteiger partial charge in [0, 0.05) is 12.1 Å². The number of para-hydroxylation sites is 1. The second-order valence-corrected chi connectivity index (χ2v) is 6.15. The van der Waals surface area contributed by atoms with E-state index in [-0.39, 0.29) is 18.1 Å². The number of carbonyl (C=O) groups is 2. The summed E-state index contributed by atoms with van der Waals surface area (Å²) in [5.74, 6) is 0.432. The first-order chi connectivity index (χ1) is 14.0. The van der Waals surface area contributed by atoms with Crippen LogP contribution in [0.1, 0.15) is 27.4 Å². The highest BCUT2D eigenvalue weighted by Gasteiger charge is 2.14. The SMILES string of the molecule is COc1ccc(/C=C/C(=O)Nc2ccccc2C(=O)OCc2cc(C)on2)cc1. The van der Waals surface area contributed by atoms with Crippen molar-refractivity contribution in [2.24, 2.45) is 0 Å². The molecule has 1 N–H and O–H groups in total. The summed E-state index contributed by atoms with van der Waals surface area (Å²) in [7, 11) is 1.59. The maximum Gasteiger partial charge on any atom is 0.340 e. The number of anilines is 1. The summed E-state index contributed by atoms with van der Waals surface area (Å²) in [5, 5.41) is 6.48. The minimum Gasteiger partial charge on any atom is -0.497 e. The van der Waals surface area contributed by atoms with Crippen LogP contribution < -0.4 is 10.1 Å². The van der Waals surface area contributed by atoms with Crippen molar-refractivity contribution in [3.05, 3.63) is 83.3 Å². The van der Waals surface area contributed by atoms with E-state index in [1.807, 2.05) is 12.1 Å². The summed E-state index contributed by atoms with van der Waals surface area (Å²) in [6, 6.07) is 15.6. The molecule has 0 aliphatic carbocycles. The zero-order valence-corrected chi connectivity index (χ0v) is 16.0. The van der Waals surface area contributed by atoms with Gasteiger partial charge in [-0.25, -0.2) is 4.79 Å². The van der Waals surface area contributed by atoms with Crippen LogP contribution in [0, 0.1) is 6.92 Å². The number of amides is 1. The van der Waals surface area contributed by atoms with Crippen molar-refractivity contribution in [3.63, 3.8) is 0 Å². The number of hydrogen-bond acceptors (Lipinski definition) is 6. The fourth-order valence-corrected chi connectivity index (χ4v) is 2.53. The molecule has 0 saturated carbocycles.